The molecule has 24 heavy (non-hydrogen) atoms. The Morgan fingerprint density at radius 2 is 1.96 bits per heavy atom. The Bertz CT molecular complexity index is 768. The topological polar surface area (TPSA) is 34.0 Å². The van der Waals surface area contributed by atoms with Crippen LogP contribution in [-0.2, 0) is 6.54 Å². The SMILES string of the molecule is Cc1ccc(-c2ncc(CN3CCC(n4ccnc4)CC3)s2)cc1. The number of aryl methyl sites for hydroxylation is 1. The molecule has 0 amide bonds. The Hall–Kier alpha value is -1.98. The van der Waals surface area contributed by atoms with Gasteiger partial charge in [0.15, 0.2) is 0 Å². The summed E-state index contributed by atoms with van der Waals surface area (Å²) >= 11 is 1.82. The molecule has 1 fully saturated rings. The molecule has 0 atom stereocenters. The molecule has 1 saturated heterocycles. The van der Waals surface area contributed by atoms with E-state index in [2.05, 4.69) is 56.8 Å². The third-order valence-corrected chi connectivity index (χ3v) is 5.77. The molecular weight excluding hydrogens is 316 g/mol. The molecule has 0 radical (unpaired) electrons. The minimum absolute atomic E-state index is 0.605. The zero-order chi connectivity index (χ0) is 16.4. The number of rotatable bonds is 4. The molecule has 1 aliphatic heterocycles. The van der Waals surface area contributed by atoms with Crippen LogP contribution < -0.4 is 0 Å². The number of thiazole rings is 1. The lowest BCUT2D eigenvalue weighted by atomic mass is 10.1. The molecule has 0 N–H and O–H groups in total. The fourth-order valence-corrected chi connectivity index (χ4v) is 4.25. The van der Waals surface area contributed by atoms with E-state index in [1.807, 2.05) is 30.1 Å². The van der Waals surface area contributed by atoms with Gasteiger partial charge in [-0.05, 0) is 19.8 Å². The van der Waals surface area contributed by atoms with E-state index >= 15 is 0 Å². The molecule has 2 aromatic heterocycles. The maximum Gasteiger partial charge on any atom is 0.123 e. The van der Waals surface area contributed by atoms with E-state index in [9.17, 15) is 0 Å². The fraction of sp³-hybridized carbons (Fsp3) is 0.368. The highest BCUT2D eigenvalue weighted by Gasteiger charge is 2.20. The van der Waals surface area contributed by atoms with Gasteiger partial charge in [-0.3, -0.25) is 4.90 Å². The fourth-order valence-electron chi connectivity index (χ4n) is 3.29. The Morgan fingerprint density at radius 1 is 1.17 bits per heavy atom. The van der Waals surface area contributed by atoms with Crippen molar-refractivity contribution in [2.75, 3.05) is 13.1 Å². The Kier molecular flexibility index (Phi) is 4.45. The first-order chi connectivity index (χ1) is 11.8. The summed E-state index contributed by atoms with van der Waals surface area (Å²) in [6, 6.07) is 9.23. The zero-order valence-corrected chi connectivity index (χ0v) is 14.7. The molecule has 0 bridgehead atoms. The second-order valence-electron chi connectivity index (χ2n) is 6.51. The summed E-state index contributed by atoms with van der Waals surface area (Å²) < 4.78 is 2.25. The van der Waals surface area contributed by atoms with Gasteiger partial charge < -0.3 is 4.57 Å². The molecular formula is C19H22N4S. The van der Waals surface area contributed by atoms with E-state index in [1.165, 1.54) is 28.8 Å². The molecule has 4 rings (SSSR count). The van der Waals surface area contributed by atoms with Gasteiger partial charge in [0.1, 0.15) is 5.01 Å². The highest BCUT2D eigenvalue weighted by atomic mass is 32.1. The van der Waals surface area contributed by atoms with Gasteiger partial charge in [0.05, 0.1) is 6.33 Å². The maximum atomic E-state index is 4.62. The van der Waals surface area contributed by atoms with E-state index in [1.54, 1.807) is 0 Å². The van der Waals surface area contributed by atoms with E-state index in [-0.39, 0.29) is 0 Å². The van der Waals surface area contributed by atoms with Crippen LogP contribution in [0.4, 0.5) is 0 Å². The second-order valence-corrected chi connectivity index (χ2v) is 7.63. The third kappa shape index (κ3) is 3.42. The zero-order valence-electron chi connectivity index (χ0n) is 13.9. The number of hydrogen-bond acceptors (Lipinski definition) is 4. The van der Waals surface area contributed by atoms with Crippen molar-refractivity contribution < 1.29 is 0 Å². The normalized spacial score (nSPS) is 16.5. The van der Waals surface area contributed by atoms with Gasteiger partial charge in [-0.2, -0.15) is 0 Å². The number of benzene rings is 1. The van der Waals surface area contributed by atoms with Crippen LogP contribution in [0.25, 0.3) is 10.6 Å². The van der Waals surface area contributed by atoms with Crippen LogP contribution in [0, 0.1) is 6.92 Å². The monoisotopic (exact) mass is 338 g/mol. The quantitative estimate of drug-likeness (QED) is 0.716. The number of likely N-dealkylation sites (tertiary alicyclic amines) is 1. The molecule has 1 aliphatic rings. The van der Waals surface area contributed by atoms with Crippen LogP contribution in [-0.4, -0.2) is 32.5 Å². The van der Waals surface area contributed by atoms with Crippen molar-refractivity contribution in [1.82, 2.24) is 19.4 Å². The highest BCUT2D eigenvalue weighted by Crippen LogP contribution is 2.28. The molecule has 3 aromatic rings. The van der Waals surface area contributed by atoms with E-state index in [0.717, 1.165) is 24.6 Å². The predicted octanol–water partition coefficient (Wildman–Crippen LogP) is 4.15. The van der Waals surface area contributed by atoms with Gasteiger partial charge in [0, 0.05) is 54.7 Å². The number of hydrogen-bond donors (Lipinski definition) is 0. The number of aromatic nitrogens is 3. The van der Waals surface area contributed by atoms with Crippen molar-refractivity contribution in [3.63, 3.8) is 0 Å². The Balaban J connectivity index is 1.36. The second kappa shape index (κ2) is 6.87. The van der Waals surface area contributed by atoms with Crippen molar-refractivity contribution >= 4 is 11.3 Å². The summed E-state index contributed by atoms with van der Waals surface area (Å²) in [5.41, 5.74) is 2.51. The first-order valence-electron chi connectivity index (χ1n) is 8.49. The van der Waals surface area contributed by atoms with Crippen molar-refractivity contribution in [3.8, 4) is 10.6 Å². The van der Waals surface area contributed by atoms with Crippen molar-refractivity contribution in [2.24, 2.45) is 0 Å². The van der Waals surface area contributed by atoms with Gasteiger partial charge in [0.2, 0.25) is 0 Å². The molecule has 124 valence electrons. The maximum absolute atomic E-state index is 4.62. The smallest absolute Gasteiger partial charge is 0.123 e. The lowest BCUT2D eigenvalue weighted by molar-refractivity contribution is 0.181. The lowest BCUT2D eigenvalue weighted by Crippen LogP contribution is -2.33. The van der Waals surface area contributed by atoms with Crippen LogP contribution in [0.2, 0.25) is 0 Å². The molecule has 0 unspecified atom stereocenters. The van der Waals surface area contributed by atoms with Crippen molar-refractivity contribution in [3.05, 3.63) is 59.6 Å². The molecule has 4 nitrogen and oxygen atoms in total. The average Bonchev–Trinajstić information content (AvgIpc) is 3.28. The lowest BCUT2D eigenvalue weighted by Gasteiger charge is -2.32. The summed E-state index contributed by atoms with van der Waals surface area (Å²) in [5, 5.41) is 1.12. The summed E-state index contributed by atoms with van der Waals surface area (Å²) in [6.07, 6.45) is 10.3. The van der Waals surface area contributed by atoms with Gasteiger partial charge >= 0.3 is 0 Å². The third-order valence-electron chi connectivity index (χ3n) is 4.74. The molecule has 3 heterocycles. The van der Waals surface area contributed by atoms with Crippen LogP contribution in [0.15, 0.2) is 49.2 Å². The minimum Gasteiger partial charge on any atom is -0.334 e. The van der Waals surface area contributed by atoms with Crippen LogP contribution in [0.5, 0.6) is 0 Å². The highest BCUT2D eigenvalue weighted by molar-refractivity contribution is 7.15. The first-order valence-corrected chi connectivity index (χ1v) is 9.31. The summed E-state index contributed by atoms with van der Waals surface area (Å²) in [4.78, 5) is 12.7. The number of piperidine rings is 1. The molecule has 0 spiro atoms. The van der Waals surface area contributed by atoms with Crippen LogP contribution in [0.1, 0.15) is 29.3 Å². The van der Waals surface area contributed by atoms with Gasteiger partial charge in [-0.1, -0.05) is 29.8 Å². The minimum atomic E-state index is 0.605. The summed E-state index contributed by atoms with van der Waals surface area (Å²) in [6.45, 7) is 5.41. The van der Waals surface area contributed by atoms with E-state index in [4.69, 9.17) is 0 Å². The van der Waals surface area contributed by atoms with Crippen molar-refractivity contribution in [1.29, 1.82) is 0 Å². The van der Waals surface area contributed by atoms with Gasteiger partial charge in [-0.25, -0.2) is 9.97 Å². The van der Waals surface area contributed by atoms with Crippen LogP contribution >= 0.6 is 11.3 Å². The van der Waals surface area contributed by atoms with E-state index < -0.39 is 0 Å². The Morgan fingerprint density at radius 3 is 2.67 bits per heavy atom. The largest absolute Gasteiger partial charge is 0.334 e. The first kappa shape index (κ1) is 15.5. The molecule has 1 aromatic carbocycles. The van der Waals surface area contributed by atoms with Crippen molar-refractivity contribution in [2.45, 2.75) is 32.4 Å². The molecule has 5 heteroatoms. The van der Waals surface area contributed by atoms with E-state index in [0.29, 0.717) is 6.04 Å². The Labute approximate surface area is 146 Å². The number of nitrogens with zero attached hydrogens (tertiary/aromatic N) is 4. The molecule has 0 aliphatic carbocycles. The van der Waals surface area contributed by atoms with Gasteiger partial charge in [0.25, 0.3) is 0 Å². The van der Waals surface area contributed by atoms with Crippen LogP contribution in [0.3, 0.4) is 0 Å². The summed E-state index contributed by atoms with van der Waals surface area (Å²) in [5.74, 6) is 0. The average molecular weight is 338 g/mol. The van der Waals surface area contributed by atoms with Gasteiger partial charge in [-0.15, -0.1) is 11.3 Å². The molecule has 0 saturated carbocycles. The summed E-state index contributed by atoms with van der Waals surface area (Å²) in [7, 11) is 0. The predicted molar refractivity (Wildman–Crippen MR) is 98.1 cm³/mol. The standard InChI is InChI=1S/C19H22N4S/c1-15-2-4-16(5-3-15)19-21-12-18(24-19)13-22-9-6-17(7-10-22)23-11-8-20-14-23/h2-5,8,11-12,14,17H,6-7,9-10,13H2,1H3. The number of imidazole rings is 1.